The average Bonchev–Trinajstić information content (AvgIpc) is 2.29. The molecule has 0 unspecified atom stereocenters. The summed E-state index contributed by atoms with van der Waals surface area (Å²) >= 11 is 0. The van der Waals surface area contributed by atoms with Crippen molar-refractivity contribution in [2.45, 2.75) is 24.7 Å². The molecule has 17 heavy (non-hydrogen) atoms. The average molecular weight is 254 g/mol. The Morgan fingerprint density at radius 2 is 2.18 bits per heavy atom. The number of piperidine rings is 1. The second-order valence-electron chi connectivity index (χ2n) is 4.68. The molecule has 0 aromatic heterocycles. The van der Waals surface area contributed by atoms with Crippen LogP contribution in [0.5, 0.6) is 0 Å². The van der Waals surface area contributed by atoms with Gasteiger partial charge in [0.2, 0.25) is 10.0 Å². The SMILES string of the molecule is C[C@H]1CCCN(S(=O)(=O)c2cccc(N)c2)C1. The van der Waals surface area contributed by atoms with Crippen molar-refractivity contribution in [2.24, 2.45) is 5.92 Å². The van der Waals surface area contributed by atoms with Crippen LogP contribution in [0.4, 0.5) is 5.69 Å². The number of benzene rings is 1. The Kier molecular flexibility index (Phi) is 3.40. The molecule has 1 heterocycles. The van der Waals surface area contributed by atoms with E-state index in [1.165, 1.54) is 6.07 Å². The molecule has 0 radical (unpaired) electrons. The molecule has 4 nitrogen and oxygen atoms in total. The second-order valence-corrected chi connectivity index (χ2v) is 6.62. The van der Waals surface area contributed by atoms with Gasteiger partial charge in [0, 0.05) is 18.8 Å². The topological polar surface area (TPSA) is 63.4 Å². The molecule has 0 amide bonds. The third-order valence-corrected chi connectivity index (χ3v) is 4.98. The molecule has 1 aromatic carbocycles. The van der Waals surface area contributed by atoms with Crippen molar-refractivity contribution in [1.29, 1.82) is 0 Å². The molecule has 2 rings (SSSR count). The number of nitrogens with zero attached hydrogens (tertiary/aromatic N) is 1. The van der Waals surface area contributed by atoms with Crippen LogP contribution >= 0.6 is 0 Å². The first kappa shape index (κ1) is 12.4. The van der Waals surface area contributed by atoms with Crippen LogP contribution in [0.25, 0.3) is 0 Å². The summed E-state index contributed by atoms with van der Waals surface area (Å²) in [5.41, 5.74) is 6.11. The van der Waals surface area contributed by atoms with Crippen molar-refractivity contribution in [3.63, 3.8) is 0 Å². The van der Waals surface area contributed by atoms with Crippen molar-refractivity contribution in [3.8, 4) is 0 Å². The first-order valence-corrected chi connectivity index (χ1v) is 7.30. The smallest absolute Gasteiger partial charge is 0.243 e. The number of sulfonamides is 1. The lowest BCUT2D eigenvalue weighted by atomic mass is 10.0. The number of nitrogen functional groups attached to an aromatic ring is 1. The van der Waals surface area contributed by atoms with Gasteiger partial charge in [0.1, 0.15) is 0 Å². The van der Waals surface area contributed by atoms with Gasteiger partial charge in [0.25, 0.3) is 0 Å². The molecule has 0 spiro atoms. The van der Waals surface area contributed by atoms with Gasteiger partial charge < -0.3 is 5.73 Å². The van der Waals surface area contributed by atoms with E-state index in [4.69, 9.17) is 5.73 Å². The number of nitrogens with two attached hydrogens (primary N) is 1. The molecular formula is C12H18N2O2S. The van der Waals surface area contributed by atoms with Crippen LogP contribution in [-0.2, 0) is 10.0 Å². The van der Waals surface area contributed by atoms with Crippen LogP contribution in [0.1, 0.15) is 19.8 Å². The van der Waals surface area contributed by atoms with E-state index in [0.29, 0.717) is 29.6 Å². The third kappa shape index (κ3) is 2.61. The monoisotopic (exact) mass is 254 g/mol. The maximum atomic E-state index is 12.4. The van der Waals surface area contributed by atoms with Crippen LogP contribution in [0.15, 0.2) is 29.2 Å². The van der Waals surface area contributed by atoms with E-state index in [1.54, 1.807) is 22.5 Å². The Labute approximate surface area is 102 Å². The van der Waals surface area contributed by atoms with Gasteiger partial charge in [-0.3, -0.25) is 0 Å². The Morgan fingerprint density at radius 3 is 2.82 bits per heavy atom. The largest absolute Gasteiger partial charge is 0.399 e. The van der Waals surface area contributed by atoms with Crippen molar-refractivity contribution in [1.82, 2.24) is 4.31 Å². The van der Waals surface area contributed by atoms with E-state index in [0.717, 1.165) is 12.8 Å². The summed E-state index contributed by atoms with van der Waals surface area (Å²) < 4.78 is 26.3. The van der Waals surface area contributed by atoms with Gasteiger partial charge in [-0.25, -0.2) is 8.42 Å². The molecule has 1 atom stereocenters. The van der Waals surface area contributed by atoms with E-state index >= 15 is 0 Å². The molecule has 1 aliphatic rings. The summed E-state index contributed by atoms with van der Waals surface area (Å²) in [6.45, 7) is 3.31. The molecule has 1 fully saturated rings. The second kappa shape index (κ2) is 4.66. The van der Waals surface area contributed by atoms with Crippen molar-refractivity contribution in [3.05, 3.63) is 24.3 Å². The van der Waals surface area contributed by atoms with E-state index < -0.39 is 10.0 Å². The minimum absolute atomic E-state index is 0.298. The van der Waals surface area contributed by atoms with Crippen molar-refractivity contribution < 1.29 is 8.42 Å². The third-order valence-electron chi connectivity index (χ3n) is 3.12. The van der Waals surface area contributed by atoms with Gasteiger partial charge in [-0.1, -0.05) is 13.0 Å². The zero-order valence-electron chi connectivity index (χ0n) is 9.96. The van der Waals surface area contributed by atoms with Gasteiger partial charge in [-0.2, -0.15) is 4.31 Å². The van der Waals surface area contributed by atoms with Crippen molar-refractivity contribution >= 4 is 15.7 Å². The molecule has 5 heteroatoms. The molecular weight excluding hydrogens is 236 g/mol. The van der Waals surface area contributed by atoms with Gasteiger partial charge in [-0.15, -0.1) is 0 Å². The Balaban J connectivity index is 2.29. The van der Waals surface area contributed by atoms with Crippen molar-refractivity contribution in [2.75, 3.05) is 18.8 Å². The fourth-order valence-corrected chi connectivity index (χ4v) is 3.84. The minimum atomic E-state index is -3.36. The zero-order valence-corrected chi connectivity index (χ0v) is 10.8. The maximum Gasteiger partial charge on any atom is 0.243 e. The highest BCUT2D eigenvalue weighted by atomic mass is 32.2. The fraction of sp³-hybridized carbons (Fsp3) is 0.500. The predicted octanol–water partition coefficient (Wildman–Crippen LogP) is 1.69. The zero-order chi connectivity index (χ0) is 12.5. The van der Waals surface area contributed by atoms with E-state index in [1.807, 2.05) is 0 Å². The highest BCUT2D eigenvalue weighted by Crippen LogP contribution is 2.24. The minimum Gasteiger partial charge on any atom is -0.399 e. The first-order chi connectivity index (χ1) is 8.00. The summed E-state index contributed by atoms with van der Waals surface area (Å²) in [6.07, 6.45) is 2.03. The maximum absolute atomic E-state index is 12.4. The molecule has 0 bridgehead atoms. The molecule has 1 aromatic rings. The highest BCUT2D eigenvalue weighted by Gasteiger charge is 2.28. The Bertz CT molecular complexity index is 499. The quantitative estimate of drug-likeness (QED) is 0.817. The van der Waals surface area contributed by atoms with Gasteiger partial charge >= 0.3 is 0 Å². The van der Waals surface area contributed by atoms with E-state index in [9.17, 15) is 8.42 Å². The molecule has 1 aliphatic heterocycles. The van der Waals surface area contributed by atoms with Crippen LogP contribution in [-0.4, -0.2) is 25.8 Å². The van der Waals surface area contributed by atoms with Crippen LogP contribution < -0.4 is 5.73 Å². The first-order valence-electron chi connectivity index (χ1n) is 5.86. The highest BCUT2D eigenvalue weighted by molar-refractivity contribution is 7.89. The lowest BCUT2D eigenvalue weighted by Gasteiger charge is -2.30. The molecule has 1 saturated heterocycles. The lowest BCUT2D eigenvalue weighted by molar-refractivity contribution is 0.281. The fourth-order valence-electron chi connectivity index (χ4n) is 2.19. The summed E-state index contributed by atoms with van der Waals surface area (Å²) in [5, 5.41) is 0. The molecule has 94 valence electrons. The molecule has 0 saturated carbocycles. The summed E-state index contributed by atoms with van der Waals surface area (Å²) in [6, 6.07) is 6.49. The summed E-state index contributed by atoms with van der Waals surface area (Å²) in [7, 11) is -3.36. The van der Waals surface area contributed by atoms with Crippen LogP contribution in [0, 0.1) is 5.92 Å². The van der Waals surface area contributed by atoms with E-state index in [-0.39, 0.29) is 0 Å². The molecule has 2 N–H and O–H groups in total. The van der Waals surface area contributed by atoms with Gasteiger partial charge in [-0.05, 0) is 37.0 Å². The predicted molar refractivity (Wildman–Crippen MR) is 68.0 cm³/mol. The summed E-state index contributed by atoms with van der Waals surface area (Å²) in [5.74, 6) is 0.430. The van der Waals surface area contributed by atoms with Crippen LogP contribution in [0.3, 0.4) is 0 Å². The summed E-state index contributed by atoms with van der Waals surface area (Å²) in [4.78, 5) is 0.298. The molecule has 0 aliphatic carbocycles. The Hall–Kier alpha value is -1.07. The van der Waals surface area contributed by atoms with E-state index in [2.05, 4.69) is 6.92 Å². The number of hydrogen-bond acceptors (Lipinski definition) is 3. The number of rotatable bonds is 2. The number of hydrogen-bond donors (Lipinski definition) is 1. The Morgan fingerprint density at radius 1 is 1.41 bits per heavy atom. The lowest BCUT2D eigenvalue weighted by Crippen LogP contribution is -2.39. The van der Waals surface area contributed by atoms with Crippen LogP contribution in [0.2, 0.25) is 0 Å². The standard InChI is InChI=1S/C12H18N2O2S/c1-10-4-3-7-14(9-10)17(15,16)12-6-2-5-11(13)8-12/h2,5-6,8,10H,3-4,7,9,13H2,1H3/t10-/m0/s1. The van der Waals surface area contributed by atoms with Gasteiger partial charge in [0.15, 0.2) is 0 Å². The van der Waals surface area contributed by atoms with Gasteiger partial charge in [0.05, 0.1) is 4.90 Å². The normalized spacial score (nSPS) is 22.5. The number of anilines is 1.